The SMILES string of the molecule is Cc1cnc(Nc2nccc3[nH]c(-c4c(Cl)cccc4Cl)nc23)cn1. The maximum atomic E-state index is 6.28. The molecule has 0 saturated carbocycles. The van der Waals surface area contributed by atoms with E-state index in [1.807, 2.05) is 13.0 Å². The van der Waals surface area contributed by atoms with Crippen LogP contribution in [-0.4, -0.2) is 24.9 Å². The van der Waals surface area contributed by atoms with Gasteiger partial charge in [0.15, 0.2) is 5.82 Å². The van der Waals surface area contributed by atoms with Crippen LogP contribution < -0.4 is 5.32 Å². The third-order valence-corrected chi connectivity index (χ3v) is 4.26. The van der Waals surface area contributed by atoms with Gasteiger partial charge in [-0.15, -0.1) is 0 Å². The van der Waals surface area contributed by atoms with Crippen LogP contribution in [0.15, 0.2) is 42.9 Å². The molecule has 8 heteroatoms. The number of benzene rings is 1. The lowest BCUT2D eigenvalue weighted by atomic mass is 10.2. The highest BCUT2D eigenvalue weighted by Crippen LogP contribution is 2.34. The average Bonchev–Trinajstić information content (AvgIpc) is 3.01. The van der Waals surface area contributed by atoms with Gasteiger partial charge in [-0.25, -0.2) is 15.0 Å². The molecule has 0 spiro atoms. The van der Waals surface area contributed by atoms with Crippen LogP contribution in [0.4, 0.5) is 11.6 Å². The summed E-state index contributed by atoms with van der Waals surface area (Å²) in [6, 6.07) is 7.18. The minimum absolute atomic E-state index is 0.526. The van der Waals surface area contributed by atoms with E-state index in [0.29, 0.717) is 38.6 Å². The van der Waals surface area contributed by atoms with Crippen molar-refractivity contribution in [2.45, 2.75) is 6.92 Å². The van der Waals surface area contributed by atoms with Crippen LogP contribution in [-0.2, 0) is 0 Å². The maximum absolute atomic E-state index is 6.28. The second kappa shape index (κ2) is 6.31. The molecule has 3 aromatic heterocycles. The predicted octanol–water partition coefficient (Wildman–Crippen LogP) is 4.77. The Bertz CT molecular complexity index is 1040. The first-order valence-corrected chi connectivity index (χ1v) is 8.22. The van der Waals surface area contributed by atoms with Crippen molar-refractivity contribution in [3.63, 3.8) is 0 Å². The number of imidazole rings is 1. The van der Waals surface area contributed by atoms with Crippen LogP contribution in [0.2, 0.25) is 10.0 Å². The maximum Gasteiger partial charge on any atom is 0.159 e. The Morgan fingerprint density at radius 1 is 1.00 bits per heavy atom. The van der Waals surface area contributed by atoms with Crippen LogP contribution in [0.25, 0.3) is 22.4 Å². The normalized spacial score (nSPS) is 11.0. The van der Waals surface area contributed by atoms with Gasteiger partial charge in [0, 0.05) is 6.20 Å². The van der Waals surface area contributed by atoms with Crippen molar-refractivity contribution >= 4 is 45.9 Å². The Balaban J connectivity index is 1.80. The second-order valence-corrected chi connectivity index (χ2v) is 6.22. The van der Waals surface area contributed by atoms with E-state index in [0.717, 1.165) is 11.2 Å². The molecule has 3 heterocycles. The molecule has 25 heavy (non-hydrogen) atoms. The van der Waals surface area contributed by atoms with Gasteiger partial charge < -0.3 is 10.3 Å². The first kappa shape index (κ1) is 15.8. The summed E-state index contributed by atoms with van der Waals surface area (Å²) in [5, 5.41) is 4.19. The van der Waals surface area contributed by atoms with Gasteiger partial charge in [-0.3, -0.25) is 4.98 Å². The molecule has 6 nitrogen and oxygen atoms in total. The summed E-state index contributed by atoms with van der Waals surface area (Å²) in [6.07, 6.45) is 5.01. The third-order valence-electron chi connectivity index (χ3n) is 3.63. The number of nitrogens with zero attached hydrogens (tertiary/aromatic N) is 4. The smallest absolute Gasteiger partial charge is 0.159 e. The number of aromatic amines is 1. The van der Waals surface area contributed by atoms with E-state index in [9.17, 15) is 0 Å². The van der Waals surface area contributed by atoms with E-state index in [1.54, 1.807) is 36.8 Å². The van der Waals surface area contributed by atoms with Crippen molar-refractivity contribution in [2.24, 2.45) is 0 Å². The summed E-state index contributed by atoms with van der Waals surface area (Å²) >= 11 is 12.6. The van der Waals surface area contributed by atoms with Gasteiger partial charge in [-0.1, -0.05) is 29.3 Å². The molecular weight excluding hydrogens is 359 g/mol. The van der Waals surface area contributed by atoms with Crippen molar-refractivity contribution < 1.29 is 0 Å². The van der Waals surface area contributed by atoms with Crippen LogP contribution in [0.1, 0.15) is 5.69 Å². The molecule has 0 amide bonds. The first-order chi connectivity index (χ1) is 12.1. The highest BCUT2D eigenvalue weighted by Gasteiger charge is 2.15. The Labute approximate surface area is 153 Å². The summed E-state index contributed by atoms with van der Waals surface area (Å²) in [6.45, 7) is 1.88. The molecule has 0 aliphatic rings. The number of aryl methyl sites for hydroxylation is 1. The number of H-pyrrole nitrogens is 1. The molecular formula is C17H12Cl2N6. The van der Waals surface area contributed by atoms with Gasteiger partial charge in [0.2, 0.25) is 0 Å². The van der Waals surface area contributed by atoms with Gasteiger partial charge in [-0.2, -0.15) is 0 Å². The van der Waals surface area contributed by atoms with Crippen molar-refractivity contribution in [2.75, 3.05) is 5.32 Å². The molecule has 0 fully saturated rings. The number of aromatic nitrogens is 5. The van der Waals surface area contributed by atoms with E-state index < -0.39 is 0 Å². The van der Waals surface area contributed by atoms with Crippen LogP contribution >= 0.6 is 23.2 Å². The topological polar surface area (TPSA) is 79.4 Å². The lowest BCUT2D eigenvalue weighted by Gasteiger charge is -2.04. The number of hydrogen-bond acceptors (Lipinski definition) is 5. The molecule has 0 aliphatic carbocycles. The van der Waals surface area contributed by atoms with Gasteiger partial charge in [0.05, 0.1) is 39.2 Å². The Morgan fingerprint density at radius 2 is 1.80 bits per heavy atom. The fraction of sp³-hybridized carbons (Fsp3) is 0.0588. The lowest BCUT2D eigenvalue weighted by molar-refractivity contribution is 1.11. The number of anilines is 2. The molecule has 4 rings (SSSR count). The number of pyridine rings is 1. The molecule has 1 aromatic carbocycles. The minimum Gasteiger partial charge on any atom is -0.338 e. The van der Waals surface area contributed by atoms with Crippen molar-refractivity contribution in [3.05, 3.63) is 58.6 Å². The summed E-state index contributed by atoms with van der Waals surface area (Å²) in [5.74, 6) is 1.74. The molecule has 4 aromatic rings. The molecule has 0 atom stereocenters. The quantitative estimate of drug-likeness (QED) is 0.542. The van der Waals surface area contributed by atoms with Gasteiger partial charge in [0.25, 0.3) is 0 Å². The second-order valence-electron chi connectivity index (χ2n) is 5.41. The number of hydrogen-bond donors (Lipinski definition) is 2. The van der Waals surface area contributed by atoms with Crippen LogP contribution in [0.5, 0.6) is 0 Å². The van der Waals surface area contributed by atoms with E-state index >= 15 is 0 Å². The zero-order valence-electron chi connectivity index (χ0n) is 13.1. The molecule has 0 bridgehead atoms. The highest BCUT2D eigenvalue weighted by atomic mass is 35.5. The molecule has 0 unspecified atom stereocenters. The fourth-order valence-corrected chi connectivity index (χ4v) is 3.02. The molecule has 124 valence electrons. The summed E-state index contributed by atoms with van der Waals surface area (Å²) < 4.78 is 0. The first-order valence-electron chi connectivity index (χ1n) is 7.46. The van der Waals surface area contributed by atoms with Gasteiger partial charge >= 0.3 is 0 Å². The van der Waals surface area contributed by atoms with Crippen molar-refractivity contribution in [1.82, 2.24) is 24.9 Å². The molecule has 0 radical (unpaired) electrons. The van der Waals surface area contributed by atoms with E-state index in [2.05, 4.69) is 30.2 Å². The standard InChI is InChI=1S/C17H12Cl2N6/c1-9-7-22-13(8-21-9)24-17-15-12(5-6-20-17)23-16(25-15)14-10(18)3-2-4-11(14)19/h2-8H,1H3,(H,23,25)(H,20,22,24). The monoisotopic (exact) mass is 370 g/mol. The van der Waals surface area contributed by atoms with Crippen molar-refractivity contribution in [1.29, 1.82) is 0 Å². The largest absolute Gasteiger partial charge is 0.338 e. The lowest BCUT2D eigenvalue weighted by Crippen LogP contribution is -1.98. The Kier molecular flexibility index (Phi) is 3.99. The van der Waals surface area contributed by atoms with E-state index in [4.69, 9.17) is 23.2 Å². The minimum atomic E-state index is 0.526. The highest BCUT2D eigenvalue weighted by molar-refractivity contribution is 6.39. The van der Waals surface area contributed by atoms with Gasteiger partial charge in [0.1, 0.15) is 17.2 Å². The van der Waals surface area contributed by atoms with E-state index in [1.165, 1.54) is 0 Å². The van der Waals surface area contributed by atoms with Crippen LogP contribution in [0, 0.1) is 6.92 Å². The summed E-state index contributed by atoms with van der Waals surface area (Å²) in [7, 11) is 0. The zero-order valence-corrected chi connectivity index (χ0v) is 14.6. The third kappa shape index (κ3) is 3.01. The average molecular weight is 371 g/mol. The predicted molar refractivity (Wildman–Crippen MR) is 99.4 cm³/mol. The zero-order chi connectivity index (χ0) is 17.4. The number of nitrogens with one attached hydrogen (secondary N) is 2. The van der Waals surface area contributed by atoms with E-state index in [-0.39, 0.29) is 0 Å². The number of fused-ring (bicyclic) bond motifs is 1. The number of halogens is 2. The number of rotatable bonds is 3. The fourth-order valence-electron chi connectivity index (χ4n) is 2.45. The molecule has 2 N–H and O–H groups in total. The Hall–Kier alpha value is -2.70. The van der Waals surface area contributed by atoms with Gasteiger partial charge in [-0.05, 0) is 25.1 Å². The molecule has 0 aliphatic heterocycles. The van der Waals surface area contributed by atoms with Crippen LogP contribution in [0.3, 0.4) is 0 Å². The molecule has 0 saturated heterocycles. The Morgan fingerprint density at radius 3 is 2.52 bits per heavy atom. The summed E-state index contributed by atoms with van der Waals surface area (Å²) in [5.41, 5.74) is 2.97. The van der Waals surface area contributed by atoms with Crippen molar-refractivity contribution in [3.8, 4) is 11.4 Å². The summed E-state index contributed by atoms with van der Waals surface area (Å²) in [4.78, 5) is 20.7.